The molecule has 1 fully saturated rings. The molecule has 0 amide bonds. The van der Waals surface area contributed by atoms with Gasteiger partial charge in [0.05, 0.1) is 24.0 Å². The predicted octanol–water partition coefficient (Wildman–Crippen LogP) is 2.72. The normalized spacial score (nSPS) is 25.8. The minimum Gasteiger partial charge on any atom is -0.394 e. The number of rotatable bonds is 4. The Bertz CT molecular complexity index is 649. The predicted molar refractivity (Wildman–Crippen MR) is 85.6 cm³/mol. The molecule has 0 spiro atoms. The molecule has 21 heavy (non-hydrogen) atoms. The van der Waals surface area contributed by atoms with E-state index < -0.39 is 0 Å². The lowest BCUT2D eigenvalue weighted by atomic mass is 9.98. The van der Waals surface area contributed by atoms with Gasteiger partial charge in [0.1, 0.15) is 0 Å². The molecule has 2 N–H and O–H groups in total. The topological polar surface area (TPSA) is 50.1 Å². The fourth-order valence-electron chi connectivity index (χ4n) is 3.64. The summed E-state index contributed by atoms with van der Waals surface area (Å²) >= 11 is 0. The molecule has 1 heterocycles. The Morgan fingerprint density at radius 3 is 2.86 bits per heavy atom. The first-order valence-corrected chi connectivity index (χ1v) is 7.88. The Balaban J connectivity index is 1.93. The number of likely N-dealkylation sites (N-methyl/N-ethyl adjacent to an activating group) is 1. The minimum atomic E-state index is -0.115. The van der Waals surface area contributed by atoms with E-state index in [1.54, 1.807) is 0 Å². The monoisotopic (exact) mass is 287 g/mol. The van der Waals surface area contributed by atoms with E-state index in [-0.39, 0.29) is 12.1 Å². The lowest BCUT2D eigenvalue weighted by Gasteiger charge is -2.28. The first-order valence-electron chi connectivity index (χ1n) is 7.88. The van der Waals surface area contributed by atoms with Crippen LogP contribution in [0.1, 0.15) is 43.4 Å². The van der Waals surface area contributed by atoms with Gasteiger partial charge < -0.3 is 15.0 Å². The quantitative estimate of drug-likeness (QED) is 0.909. The summed E-state index contributed by atoms with van der Waals surface area (Å²) in [7, 11) is 0. The van der Waals surface area contributed by atoms with Gasteiger partial charge in [-0.15, -0.1) is 0 Å². The molecular weight excluding hydrogens is 262 g/mol. The maximum Gasteiger partial charge on any atom is 0.0960 e. The molecular formula is C17H25N3O. The number of hydrogen-bond acceptors (Lipinski definition) is 3. The number of fused-ring (bicyclic) bond motifs is 1. The summed E-state index contributed by atoms with van der Waals surface area (Å²) in [6.07, 6.45) is 5.04. The number of aryl methyl sites for hydroxylation is 2. The molecule has 0 bridgehead atoms. The maximum absolute atomic E-state index is 9.77. The van der Waals surface area contributed by atoms with E-state index in [1.807, 2.05) is 6.33 Å². The van der Waals surface area contributed by atoms with Crippen molar-refractivity contribution in [2.45, 2.75) is 51.6 Å². The van der Waals surface area contributed by atoms with Gasteiger partial charge in [-0.25, -0.2) is 4.98 Å². The van der Waals surface area contributed by atoms with Crippen molar-refractivity contribution in [1.29, 1.82) is 0 Å². The van der Waals surface area contributed by atoms with Crippen molar-refractivity contribution in [2.24, 2.45) is 0 Å². The van der Waals surface area contributed by atoms with Crippen LogP contribution < -0.4 is 5.32 Å². The van der Waals surface area contributed by atoms with Gasteiger partial charge in [-0.3, -0.25) is 0 Å². The van der Waals surface area contributed by atoms with Crippen molar-refractivity contribution < 1.29 is 5.11 Å². The van der Waals surface area contributed by atoms with Gasteiger partial charge in [-0.05, 0) is 62.9 Å². The Morgan fingerprint density at radius 1 is 1.38 bits per heavy atom. The summed E-state index contributed by atoms with van der Waals surface area (Å²) in [6.45, 7) is 7.49. The van der Waals surface area contributed by atoms with Crippen molar-refractivity contribution in [3.05, 3.63) is 29.6 Å². The summed E-state index contributed by atoms with van der Waals surface area (Å²) in [5.74, 6) is 0. The molecule has 0 saturated heterocycles. The second-order valence-corrected chi connectivity index (χ2v) is 6.44. The Labute approximate surface area is 126 Å². The third-order valence-corrected chi connectivity index (χ3v) is 5.02. The van der Waals surface area contributed by atoms with Crippen LogP contribution in [-0.4, -0.2) is 33.3 Å². The van der Waals surface area contributed by atoms with E-state index in [1.165, 1.54) is 16.6 Å². The lowest BCUT2D eigenvalue weighted by Crippen LogP contribution is -2.46. The molecule has 4 heteroatoms. The van der Waals surface area contributed by atoms with Crippen LogP contribution in [0.3, 0.4) is 0 Å². The molecule has 0 aliphatic heterocycles. The number of nitrogens with zero attached hydrogens (tertiary/aromatic N) is 2. The molecule has 1 aliphatic rings. The molecule has 114 valence electrons. The van der Waals surface area contributed by atoms with Gasteiger partial charge in [-0.2, -0.15) is 0 Å². The van der Waals surface area contributed by atoms with Gasteiger partial charge in [-0.1, -0.05) is 6.92 Å². The fraction of sp³-hybridized carbons (Fsp3) is 0.588. The van der Waals surface area contributed by atoms with Crippen LogP contribution in [0, 0.1) is 13.8 Å². The van der Waals surface area contributed by atoms with Gasteiger partial charge in [0.2, 0.25) is 0 Å². The number of imidazole rings is 1. The summed E-state index contributed by atoms with van der Waals surface area (Å²) in [5, 5.41) is 13.3. The SMILES string of the molecule is CCNC1(CO)CCC(n2cnc3cc(C)c(C)cc32)C1. The number of benzene rings is 1. The van der Waals surface area contributed by atoms with E-state index in [0.717, 1.165) is 31.3 Å². The zero-order valence-electron chi connectivity index (χ0n) is 13.2. The van der Waals surface area contributed by atoms with Gasteiger partial charge >= 0.3 is 0 Å². The van der Waals surface area contributed by atoms with E-state index in [9.17, 15) is 5.11 Å². The first-order chi connectivity index (χ1) is 10.1. The molecule has 3 rings (SSSR count). The number of aliphatic hydroxyl groups excluding tert-OH is 1. The average Bonchev–Trinajstić information content (AvgIpc) is 3.05. The average molecular weight is 287 g/mol. The van der Waals surface area contributed by atoms with E-state index in [0.29, 0.717) is 6.04 Å². The standard InChI is InChI=1S/C17H25N3O/c1-4-19-17(10-21)6-5-14(9-17)20-11-18-15-7-12(2)13(3)8-16(15)20/h7-8,11,14,19,21H,4-6,9-10H2,1-3H3. The zero-order chi connectivity index (χ0) is 15.0. The third-order valence-electron chi connectivity index (χ3n) is 5.02. The lowest BCUT2D eigenvalue weighted by molar-refractivity contribution is 0.163. The molecule has 2 aromatic rings. The molecule has 2 unspecified atom stereocenters. The van der Waals surface area contributed by atoms with Crippen molar-refractivity contribution in [3.63, 3.8) is 0 Å². The van der Waals surface area contributed by atoms with Crippen LogP contribution in [0.2, 0.25) is 0 Å². The van der Waals surface area contributed by atoms with Crippen molar-refractivity contribution in [1.82, 2.24) is 14.9 Å². The van der Waals surface area contributed by atoms with Gasteiger partial charge in [0, 0.05) is 11.6 Å². The molecule has 1 saturated carbocycles. The Hall–Kier alpha value is -1.39. The number of hydrogen-bond donors (Lipinski definition) is 2. The van der Waals surface area contributed by atoms with Crippen molar-refractivity contribution in [2.75, 3.05) is 13.2 Å². The van der Waals surface area contributed by atoms with Crippen LogP contribution >= 0.6 is 0 Å². The van der Waals surface area contributed by atoms with E-state index in [2.05, 4.69) is 47.8 Å². The van der Waals surface area contributed by atoms with Gasteiger partial charge in [0.25, 0.3) is 0 Å². The molecule has 1 aliphatic carbocycles. The zero-order valence-corrected chi connectivity index (χ0v) is 13.2. The maximum atomic E-state index is 9.77. The van der Waals surface area contributed by atoms with Crippen LogP contribution in [0.25, 0.3) is 11.0 Å². The molecule has 2 atom stereocenters. The minimum absolute atomic E-state index is 0.115. The summed E-state index contributed by atoms with van der Waals surface area (Å²) < 4.78 is 2.30. The van der Waals surface area contributed by atoms with Crippen LogP contribution in [-0.2, 0) is 0 Å². The summed E-state index contributed by atoms with van der Waals surface area (Å²) in [6, 6.07) is 4.83. The number of nitrogens with one attached hydrogen (secondary N) is 1. The Kier molecular flexibility index (Phi) is 3.76. The highest BCUT2D eigenvalue weighted by molar-refractivity contribution is 5.77. The second-order valence-electron chi connectivity index (χ2n) is 6.44. The highest BCUT2D eigenvalue weighted by atomic mass is 16.3. The third kappa shape index (κ3) is 2.47. The second kappa shape index (κ2) is 5.43. The van der Waals surface area contributed by atoms with Crippen LogP contribution in [0.4, 0.5) is 0 Å². The van der Waals surface area contributed by atoms with Crippen LogP contribution in [0.15, 0.2) is 18.5 Å². The smallest absolute Gasteiger partial charge is 0.0960 e. The Morgan fingerprint density at radius 2 is 2.14 bits per heavy atom. The molecule has 4 nitrogen and oxygen atoms in total. The van der Waals surface area contributed by atoms with Gasteiger partial charge in [0.15, 0.2) is 0 Å². The fourth-order valence-corrected chi connectivity index (χ4v) is 3.64. The number of aromatic nitrogens is 2. The molecule has 0 radical (unpaired) electrons. The highest BCUT2D eigenvalue weighted by Crippen LogP contribution is 2.39. The first kappa shape index (κ1) is 14.5. The van der Waals surface area contributed by atoms with Crippen LogP contribution in [0.5, 0.6) is 0 Å². The summed E-state index contributed by atoms with van der Waals surface area (Å²) in [4.78, 5) is 4.56. The largest absolute Gasteiger partial charge is 0.394 e. The summed E-state index contributed by atoms with van der Waals surface area (Å²) in [5.41, 5.74) is 4.77. The van der Waals surface area contributed by atoms with E-state index in [4.69, 9.17) is 0 Å². The highest BCUT2D eigenvalue weighted by Gasteiger charge is 2.39. The molecule has 1 aromatic heterocycles. The van der Waals surface area contributed by atoms with E-state index >= 15 is 0 Å². The van der Waals surface area contributed by atoms with Crippen molar-refractivity contribution in [3.8, 4) is 0 Å². The molecule has 1 aromatic carbocycles. The van der Waals surface area contributed by atoms with Crippen molar-refractivity contribution >= 4 is 11.0 Å². The number of aliphatic hydroxyl groups is 1.